The number of ether oxygens (including phenoxy) is 3. The number of carbonyl (C=O) groups is 3. The molecule has 0 N–H and O–H groups in total. The molecule has 0 aliphatic rings. The summed E-state index contributed by atoms with van der Waals surface area (Å²) in [7, 11) is 0. The standard InChI is InChI=1S/C57H110O6/c1-4-7-10-13-16-19-22-25-27-28-29-31-32-35-38-41-44-47-50-56(59)62-53-54(52-61-55(58)49-46-43-40-37-34-24-21-18-15-12-9-6-3)63-57(60)51-48-45-42-39-36-33-30-26-23-20-17-14-11-8-5-2/h54H,4-53H2,1-3H3. The van der Waals surface area contributed by atoms with E-state index in [9.17, 15) is 14.4 Å². The maximum absolute atomic E-state index is 12.8. The molecule has 0 bridgehead atoms. The van der Waals surface area contributed by atoms with Crippen molar-refractivity contribution in [3.05, 3.63) is 0 Å². The van der Waals surface area contributed by atoms with Crippen LogP contribution in [0.25, 0.3) is 0 Å². The summed E-state index contributed by atoms with van der Waals surface area (Å²) in [5, 5.41) is 0. The van der Waals surface area contributed by atoms with E-state index in [0.717, 1.165) is 57.8 Å². The van der Waals surface area contributed by atoms with Crippen molar-refractivity contribution >= 4 is 17.9 Å². The second-order valence-electron chi connectivity index (χ2n) is 19.6. The van der Waals surface area contributed by atoms with Gasteiger partial charge in [-0.05, 0) is 19.3 Å². The van der Waals surface area contributed by atoms with Crippen molar-refractivity contribution in [3.8, 4) is 0 Å². The molecule has 0 aromatic carbocycles. The molecular formula is C57H110O6. The lowest BCUT2D eigenvalue weighted by Crippen LogP contribution is -2.30. The van der Waals surface area contributed by atoms with Gasteiger partial charge in [0.25, 0.3) is 0 Å². The quantitative estimate of drug-likeness (QED) is 0.0344. The fourth-order valence-electron chi connectivity index (χ4n) is 8.80. The molecule has 1 atom stereocenters. The number of esters is 3. The lowest BCUT2D eigenvalue weighted by atomic mass is 10.0. The van der Waals surface area contributed by atoms with Gasteiger partial charge in [0.2, 0.25) is 0 Å². The van der Waals surface area contributed by atoms with Gasteiger partial charge in [-0.2, -0.15) is 0 Å². The summed E-state index contributed by atoms with van der Waals surface area (Å²) in [6, 6.07) is 0. The number of hydrogen-bond acceptors (Lipinski definition) is 6. The highest BCUT2D eigenvalue weighted by atomic mass is 16.6. The van der Waals surface area contributed by atoms with E-state index in [-0.39, 0.29) is 31.1 Å². The molecule has 0 amide bonds. The van der Waals surface area contributed by atoms with E-state index in [1.54, 1.807) is 0 Å². The van der Waals surface area contributed by atoms with Crippen LogP contribution in [-0.2, 0) is 28.6 Å². The molecule has 6 heteroatoms. The predicted octanol–water partition coefficient (Wildman–Crippen LogP) is 18.8. The highest BCUT2D eigenvalue weighted by molar-refractivity contribution is 5.71. The fourth-order valence-corrected chi connectivity index (χ4v) is 8.80. The van der Waals surface area contributed by atoms with Gasteiger partial charge in [-0.25, -0.2) is 0 Å². The summed E-state index contributed by atoms with van der Waals surface area (Å²) >= 11 is 0. The van der Waals surface area contributed by atoms with Crippen LogP contribution in [0.4, 0.5) is 0 Å². The summed E-state index contributed by atoms with van der Waals surface area (Å²) in [6.45, 7) is 6.70. The van der Waals surface area contributed by atoms with Gasteiger partial charge in [-0.1, -0.05) is 290 Å². The molecule has 0 heterocycles. The van der Waals surface area contributed by atoms with Crippen LogP contribution in [0.15, 0.2) is 0 Å². The third-order valence-electron chi connectivity index (χ3n) is 13.1. The van der Waals surface area contributed by atoms with E-state index < -0.39 is 6.10 Å². The third kappa shape index (κ3) is 51.3. The largest absolute Gasteiger partial charge is 0.462 e. The summed E-state index contributed by atoms with van der Waals surface area (Å²) in [5.74, 6) is -0.834. The lowest BCUT2D eigenvalue weighted by molar-refractivity contribution is -0.167. The van der Waals surface area contributed by atoms with Crippen LogP contribution in [0, 0.1) is 0 Å². The summed E-state index contributed by atoms with van der Waals surface area (Å²) in [4.78, 5) is 38.1. The molecule has 0 aromatic heterocycles. The van der Waals surface area contributed by atoms with Crippen LogP contribution in [0.3, 0.4) is 0 Å². The minimum Gasteiger partial charge on any atom is -0.462 e. The van der Waals surface area contributed by atoms with E-state index in [2.05, 4.69) is 20.8 Å². The molecule has 0 aromatic rings. The lowest BCUT2D eigenvalue weighted by Gasteiger charge is -2.18. The van der Waals surface area contributed by atoms with Crippen molar-refractivity contribution in [1.29, 1.82) is 0 Å². The fraction of sp³-hybridized carbons (Fsp3) is 0.947. The molecule has 374 valence electrons. The van der Waals surface area contributed by atoms with Gasteiger partial charge in [0, 0.05) is 19.3 Å². The smallest absolute Gasteiger partial charge is 0.306 e. The van der Waals surface area contributed by atoms with E-state index in [0.29, 0.717) is 19.3 Å². The van der Waals surface area contributed by atoms with Crippen LogP contribution >= 0.6 is 0 Å². The van der Waals surface area contributed by atoms with Crippen molar-refractivity contribution in [2.75, 3.05) is 13.2 Å². The number of unbranched alkanes of at least 4 members (excludes halogenated alkanes) is 42. The Morgan fingerprint density at radius 2 is 0.429 bits per heavy atom. The molecule has 6 nitrogen and oxygen atoms in total. The molecule has 0 aliphatic carbocycles. The Balaban J connectivity index is 4.26. The molecule has 63 heavy (non-hydrogen) atoms. The normalized spacial score (nSPS) is 11.9. The van der Waals surface area contributed by atoms with Gasteiger partial charge in [0.15, 0.2) is 6.10 Å². The maximum Gasteiger partial charge on any atom is 0.306 e. The molecule has 0 aliphatic heterocycles. The van der Waals surface area contributed by atoms with Gasteiger partial charge in [-0.15, -0.1) is 0 Å². The van der Waals surface area contributed by atoms with Crippen LogP contribution < -0.4 is 0 Å². The van der Waals surface area contributed by atoms with Crippen molar-refractivity contribution in [2.45, 2.75) is 335 Å². The highest BCUT2D eigenvalue weighted by Gasteiger charge is 2.19. The Morgan fingerprint density at radius 3 is 0.635 bits per heavy atom. The Kier molecular flexibility index (Phi) is 51.7. The van der Waals surface area contributed by atoms with Crippen molar-refractivity contribution in [3.63, 3.8) is 0 Å². The van der Waals surface area contributed by atoms with Gasteiger partial charge in [0.05, 0.1) is 0 Å². The first-order valence-corrected chi connectivity index (χ1v) is 28.5. The zero-order valence-electron chi connectivity index (χ0n) is 42.9. The molecule has 0 saturated heterocycles. The van der Waals surface area contributed by atoms with E-state index >= 15 is 0 Å². The van der Waals surface area contributed by atoms with Crippen LogP contribution in [0.1, 0.15) is 329 Å². The van der Waals surface area contributed by atoms with Gasteiger partial charge >= 0.3 is 17.9 Å². The van der Waals surface area contributed by atoms with Crippen molar-refractivity contribution in [1.82, 2.24) is 0 Å². The first-order valence-electron chi connectivity index (χ1n) is 28.5. The minimum absolute atomic E-state index is 0.0611. The molecule has 1 unspecified atom stereocenters. The minimum atomic E-state index is -0.760. The Morgan fingerprint density at radius 1 is 0.254 bits per heavy atom. The first-order chi connectivity index (χ1) is 31.0. The number of carbonyl (C=O) groups excluding carboxylic acids is 3. The average molecular weight is 892 g/mol. The van der Waals surface area contributed by atoms with Gasteiger partial charge in [-0.3, -0.25) is 14.4 Å². The molecule has 0 rings (SSSR count). The average Bonchev–Trinajstić information content (AvgIpc) is 3.28. The third-order valence-corrected chi connectivity index (χ3v) is 13.1. The summed E-state index contributed by atoms with van der Waals surface area (Å²) < 4.78 is 16.9. The van der Waals surface area contributed by atoms with Crippen molar-refractivity contribution in [2.24, 2.45) is 0 Å². The highest BCUT2D eigenvalue weighted by Crippen LogP contribution is 2.18. The first kappa shape index (κ1) is 61.4. The molecule has 0 saturated carbocycles. The zero-order valence-corrected chi connectivity index (χ0v) is 42.9. The van der Waals surface area contributed by atoms with Gasteiger partial charge < -0.3 is 14.2 Å². The van der Waals surface area contributed by atoms with Crippen LogP contribution in [0.2, 0.25) is 0 Å². The summed E-state index contributed by atoms with van der Waals surface area (Å²) in [5.41, 5.74) is 0. The monoisotopic (exact) mass is 891 g/mol. The second kappa shape index (κ2) is 53.0. The van der Waals surface area contributed by atoms with Gasteiger partial charge in [0.1, 0.15) is 13.2 Å². The summed E-state index contributed by atoms with van der Waals surface area (Å²) in [6.07, 6.45) is 58.0. The second-order valence-corrected chi connectivity index (χ2v) is 19.6. The SMILES string of the molecule is CCCCCCCCCCCCCCCCCCCCC(=O)OCC(COC(=O)CCCCCCCCCCCCCC)OC(=O)CCCCCCCCCCCCCCCCC. The molecular weight excluding hydrogens is 781 g/mol. The number of hydrogen-bond donors (Lipinski definition) is 0. The van der Waals surface area contributed by atoms with Crippen LogP contribution in [-0.4, -0.2) is 37.2 Å². The predicted molar refractivity (Wildman–Crippen MR) is 270 cm³/mol. The zero-order chi connectivity index (χ0) is 45.8. The molecule has 0 spiro atoms. The Bertz CT molecular complexity index is 936. The van der Waals surface area contributed by atoms with E-state index in [1.807, 2.05) is 0 Å². The topological polar surface area (TPSA) is 78.9 Å². The van der Waals surface area contributed by atoms with E-state index in [1.165, 1.54) is 231 Å². The maximum atomic E-state index is 12.8. The molecule has 0 fully saturated rings. The Labute approximate surface area is 393 Å². The van der Waals surface area contributed by atoms with Crippen LogP contribution in [0.5, 0.6) is 0 Å². The molecule has 0 radical (unpaired) electrons. The van der Waals surface area contributed by atoms with Crippen molar-refractivity contribution < 1.29 is 28.6 Å². The Hall–Kier alpha value is -1.59. The number of rotatable bonds is 53. The van der Waals surface area contributed by atoms with E-state index in [4.69, 9.17) is 14.2 Å².